The van der Waals surface area contributed by atoms with Gasteiger partial charge in [0.1, 0.15) is 6.54 Å². The molecule has 0 aliphatic rings. The van der Waals surface area contributed by atoms with Crippen molar-refractivity contribution in [1.29, 1.82) is 0 Å². The molecule has 0 unspecified atom stereocenters. The van der Waals surface area contributed by atoms with E-state index in [1.54, 1.807) is 13.8 Å². The second-order valence-corrected chi connectivity index (χ2v) is 5.74. The summed E-state index contributed by atoms with van der Waals surface area (Å²) < 4.78 is 30.7. The summed E-state index contributed by atoms with van der Waals surface area (Å²) >= 11 is 0. The average molecular weight is 296 g/mol. The topological polar surface area (TPSA) is 104 Å². The molecule has 112 valence electrons. The number of carboxylic acids is 1. The molecule has 0 spiro atoms. The first kappa shape index (κ1) is 17.8. The summed E-state index contributed by atoms with van der Waals surface area (Å²) in [6.45, 7) is 2.94. The standard InChI is InChI=1S/C10H20N2O6S/c1-4-12(8-10(15)18-5-2)19(16,17)11(3)7-6-9(13)14/h4-8H2,1-3H3,(H,13,14). The van der Waals surface area contributed by atoms with E-state index in [-0.39, 0.29) is 32.7 Å². The number of hydrogen-bond acceptors (Lipinski definition) is 5. The third-order valence-corrected chi connectivity index (χ3v) is 4.33. The van der Waals surface area contributed by atoms with E-state index in [1.165, 1.54) is 7.05 Å². The van der Waals surface area contributed by atoms with Crippen molar-refractivity contribution in [3.8, 4) is 0 Å². The SMILES string of the molecule is CCOC(=O)CN(CC)S(=O)(=O)N(C)CCC(=O)O. The number of hydrogen-bond donors (Lipinski definition) is 1. The summed E-state index contributed by atoms with van der Waals surface area (Å²) in [4.78, 5) is 21.7. The molecular formula is C10H20N2O6S. The number of nitrogens with zero attached hydrogens (tertiary/aromatic N) is 2. The van der Waals surface area contributed by atoms with Crippen LogP contribution in [-0.2, 0) is 24.5 Å². The monoisotopic (exact) mass is 296 g/mol. The zero-order valence-corrected chi connectivity index (χ0v) is 12.1. The van der Waals surface area contributed by atoms with Gasteiger partial charge < -0.3 is 9.84 Å². The summed E-state index contributed by atoms with van der Waals surface area (Å²) in [5.74, 6) is -1.73. The van der Waals surface area contributed by atoms with Crippen LogP contribution in [0.1, 0.15) is 20.3 Å². The second kappa shape index (κ2) is 8.08. The van der Waals surface area contributed by atoms with Gasteiger partial charge in [0.15, 0.2) is 0 Å². The predicted molar refractivity (Wildman–Crippen MR) is 67.7 cm³/mol. The third-order valence-electron chi connectivity index (χ3n) is 2.32. The highest BCUT2D eigenvalue weighted by Crippen LogP contribution is 2.07. The zero-order valence-electron chi connectivity index (χ0n) is 11.3. The summed E-state index contributed by atoms with van der Waals surface area (Å²) in [6.07, 6.45) is -0.299. The van der Waals surface area contributed by atoms with Gasteiger partial charge in [-0.25, -0.2) is 0 Å². The minimum absolute atomic E-state index is 0.0958. The Morgan fingerprint density at radius 3 is 2.26 bits per heavy atom. The van der Waals surface area contributed by atoms with E-state index in [9.17, 15) is 18.0 Å². The molecule has 0 amide bonds. The Morgan fingerprint density at radius 2 is 1.84 bits per heavy atom. The molecule has 0 rings (SSSR count). The van der Waals surface area contributed by atoms with E-state index >= 15 is 0 Å². The van der Waals surface area contributed by atoms with Crippen LogP contribution in [-0.4, -0.2) is 67.4 Å². The van der Waals surface area contributed by atoms with Gasteiger partial charge in [0.2, 0.25) is 0 Å². The first-order valence-electron chi connectivity index (χ1n) is 5.84. The maximum Gasteiger partial charge on any atom is 0.321 e. The van der Waals surface area contributed by atoms with Crippen LogP contribution in [0.4, 0.5) is 0 Å². The highest BCUT2D eigenvalue weighted by atomic mass is 32.2. The van der Waals surface area contributed by atoms with Crippen LogP contribution in [0.25, 0.3) is 0 Å². The zero-order chi connectivity index (χ0) is 15.1. The Labute approximate surface area is 113 Å². The first-order valence-corrected chi connectivity index (χ1v) is 7.24. The van der Waals surface area contributed by atoms with Crippen molar-refractivity contribution in [2.75, 3.05) is 33.3 Å². The number of carboxylic acid groups (broad SMARTS) is 1. The quantitative estimate of drug-likeness (QED) is 0.576. The number of aliphatic carboxylic acids is 1. The molecule has 0 aromatic rings. The largest absolute Gasteiger partial charge is 0.481 e. The fraction of sp³-hybridized carbons (Fsp3) is 0.800. The highest BCUT2D eigenvalue weighted by Gasteiger charge is 2.28. The van der Waals surface area contributed by atoms with Gasteiger partial charge in [0, 0.05) is 20.1 Å². The van der Waals surface area contributed by atoms with E-state index in [0.717, 1.165) is 8.61 Å². The Morgan fingerprint density at radius 1 is 1.26 bits per heavy atom. The number of likely N-dealkylation sites (N-methyl/N-ethyl adjacent to an activating group) is 1. The maximum absolute atomic E-state index is 12.1. The van der Waals surface area contributed by atoms with Crippen LogP contribution in [0.5, 0.6) is 0 Å². The molecular weight excluding hydrogens is 276 g/mol. The summed E-state index contributed by atoms with van der Waals surface area (Å²) in [5, 5.41) is 8.53. The Bertz CT molecular complexity index is 408. The average Bonchev–Trinajstić information content (AvgIpc) is 2.32. The molecule has 0 radical (unpaired) electrons. The predicted octanol–water partition coefficient (Wildman–Crippen LogP) is -0.477. The van der Waals surface area contributed by atoms with Crippen molar-refractivity contribution in [2.45, 2.75) is 20.3 Å². The van der Waals surface area contributed by atoms with Crippen LogP contribution in [0, 0.1) is 0 Å². The number of carbonyl (C=O) groups excluding carboxylic acids is 1. The first-order chi connectivity index (χ1) is 8.75. The molecule has 0 aliphatic heterocycles. The summed E-state index contributed by atoms with van der Waals surface area (Å²) in [6, 6.07) is 0. The van der Waals surface area contributed by atoms with Crippen LogP contribution < -0.4 is 0 Å². The lowest BCUT2D eigenvalue weighted by Gasteiger charge is -2.25. The second-order valence-electron chi connectivity index (χ2n) is 3.70. The normalized spacial score (nSPS) is 11.8. The van der Waals surface area contributed by atoms with Crippen molar-refractivity contribution in [1.82, 2.24) is 8.61 Å². The van der Waals surface area contributed by atoms with E-state index in [2.05, 4.69) is 4.74 Å². The molecule has 0 fully saturated rings. The van der Waals surface area contributed by atoms with Gasteiger partial charge in [-0.2, -0.15) is 17.0 Å². The summed E-state index contributed by atoms with van der Waals surface area (Å²) in [5.41, 5.74) is 0. The van der Waals surface area contributed by atoms with Crippen molar-refractivity contribution >= 4 is 22.1 Å². The summed E-state index contributed by atoms with van der Waals surface area (Å²) in [7, 11) is -2.59. The molecule has 0 saturated heterocycles. The van der Waals surface area contributed by atoms with Crippen molar-refractivity contribution in [2.24, 2.45) is 0 Å². The number of esters is 1. The molecule has 8 nitrogen and oxygen atoms in total. The molecule has 9 heteroatoms. The molecule has 19 heavy (non-hydrogen) atoms. The lowest BCUT2D eigenvalue weighted by Crippen LogP contribution is -2.45. The lowest BCUT2D eigenvalue weighted by molar-refractivity contribution is -0.143. The molecule has 0 aromatic carbocycles. The van der Waals surface area contributed by atoms with Gasteiger partial charge in [0.25, 0.3) is 10.2 Å². The van der Waals surface area contributed by atoms with E-state index in [1.807, 2.05) is 0 Å². The third kappa shape index (κ3) is 5.99. The fourth-order valence-corrected chi connectivity index (χ4v) is 2.58. The number of ether oxygens (including phenoxy) is 1. The minimum Gasteiger partial charge on any atom is -0.481 e. The lowest BCUT2D eigenvalue weighted by atomic mass is 10.4. The van der Waals surface area contributed by atoms with Gasteiger partial charge in [-0.05, 0) is 6.92 Å². The smallest absolute Gasteiger partial charge is 0.321 e. The minimum atomic E-state index is -3.86. The Hall–Kier alpha value is -1.19. The van der Waals surface area contributed by atoms with Gasteiger partial charge in [0.05, 0.1) is 13.0 Å². The highest BCUT2D eigenvalue weighted by molar-refractivity contribution is 7.86. The van der Waals surface area contributed by atoms with Crippen molar-refractivity contribution in [3.63, 3.8) is 0 Å². The molecule has 0 heterocycles. The van der Waals surface area contributed by atoms with E-state index in [0.29, 0.717) is 0 Å². The number of carbonyl (C=O) groups is 2. The van der Waals surface area contributed by atoms with Gasteiger partial charge in [-0.1, -0.05) is 6.92 Å². The van der Waals surface area contributed by atoms with Crippen LogP contribution in [0.3, 0.4) is 0 Å². The van der Waals surface area contributed by atoms with Crippen LogP contribution >= 0.6 is 0 Å². The Kier molecular flexibility index (Phi) is 7.57. The van der Waals surface area contributed by atoms with Crippen LogP contribution in [0.2, 0.25) is 0 Å². The van der Waals surface area contributed by atoms with E-state index in [4.69, 9.17) is 5.11 Å². The maximum atomic E-state index is 12.1. The molecule has 0 saturated carbocycles. The molecule has 0 aromatic heterocycles. The van der Waals surface area contributed by atoms with Crippen LogP contribution in [0.15, 0.2) is 0 Å². The number of rotatable bonds is 9. The molecule has 1 N–H and O–H groups in total. The van der Waals surface area contributed by atoms with Gasteiger partial charge >= 0.3 is 11.9 Å². The molecule has 0 bridgehead atoms. The molecule has 0 atom stereocenters. The van der Waals surface area contributed by atoms with Gasteiger partial charge in [-0.15, -0.1) is 0 Å². The van der Waals surface area contributed by atoms with Crippen molar-refractivity contribution in [3.05, 3.63) is 0 Å². The Balaban J connectivity index is 4.72. The molecule has 0 aliphatic carbocycles. The van der Waals surface area contributed by atoms with Crippen molar-refractivity contribution < 1.29 is 27.9 Å². The fourth-order valence-electron chi connectivity index (χ4n) is 1.27. The van der Waals surface area contributed by atoms with E-state index < -0.39 is 22.1 Å². The van der Waals surface area contributed by atoms with Gasteiger partial charge in [-0.3, -0.25) is 9.59 Å².